The molecular weight excluding hydrogens is 821 g/mol. The van der Waals surface area contributed by atoms with E-state index in [0.29, 0.717) is 29.3 Å². The van der Waals surface area contributed by atoms with E-state index in [2.05, 4.69) is 176 Å². The number of ketones is 1. The minimum atomic E-state index is -1.31. The average Bonchev–Trinajstić information content (AvgIpc) is 3.29. The van der Waals surface area contributed by atoms with Gasteiger partial charge in [0.2, 0.25) is 5.78 Å². The van der Waals surface area contributed by atoms with Gasteiger partial charge in [0.25, 0.3) is 0 Å². The summed E-state index contributed by atoms with van der Waals surface area (Å²) >= 11 is 0. The molecule has 1 aliphatic carbocycles. The number of carbonyl (C=O) groups excluding carboxylic acids is 1. The Bertz CT molecular complexity index is 2740. The highest BCUT2D eigenvalue weighted by Gasteiger charge is 2.55. The number of hydrogen-bond acceptors (Lipinski definition) is 4. The molecule has 1 fully saturated rings. The molecule has 0 radical (unpaired) electrons. The molecule has 0 aromatic heterocycles. The Morgan fingerprint density at radius 3 is 1.51 bits per heavy atom. The second kappa shape index (κ2) is 19.6. The van der Waals surface area contributed by atoms with Gasteiger partial charge in [0.1, 0.15) is 11.5 Å². The standard InChI is InChI=1S/C63H78O4/c1-15-16-20-40(14)21-19-22-41-25-26-47-45(27-41)33-53(55-50(38(10)11)31-44(35(4)5)32-51(55)39(12)13)61-57(47)56-46-24-18-17-23-42(46)28-52(60(56)66-62-58(64)59(65)63(62)67-61)54-48(36(6)7)29-43(34(2)3)30-49(54)37(8)9/h17-18,23-40,58,62-64H,15-16,19-22H2,1-14H3. The van der Waals surface area contributed by atoms with Gasteiger partial charge in [-0.15, -0.1) is 0 Å². The molecule has 354 valence electrons. The topological polar surface area (TPSA) is 55.8 Å². The van der Waals surface area contributed by atoms with E-state index in [0.717, 1.165) is 56.6 Å². The predicted octanol–water partition coefficient (Wildman–Crippen LogP) is 17.3. The first kappa shape index (κ1) is 48.5. The maximum absolute atomic E-state index is 14.1. The molecule has 8 rings (SSSR count). The lowest BCUT2D eigenvalue weighted by atomic mass is 9.77. The molecule has 6 aromatic rings. The lowest BCUT2D eigenvalue weighted by Gasteiger charge is -2.43. The molecule has 1 saturated carbocycles. The Hall–Kier alpha value is -4.93. The van der Waals surface area contributed by atoms with E-state index in [1.807, 2.05) is 0 Å². The highest BCUT2D eigenvalue weighted by Crippen LogP contribution is 2.57. The number of ether oxygens (including phenoxy) is 2. The van der Waals surface area contributed by atoms with Crippen LogP contribution < -0.4 is 9.47 Å². The van der Waals surface area contributed by atoms with Gasteiger partial charge in [0.05, 0.1) is 0 Å². The summed E-state index contributed by atoms with van der Waals surface area (Å²) in [5.74, 6) is 3.36. The van der Waals surface area contributed by atoms with Crippen LogP contribution in [0.5, 0.6) is 11.5 Å². The van der Waals surface area contributed by atoms with E-state index in [4.69, 9.17) is 9.47 Å². The van der Waals surface area contributed by atoms with Crippen molar-refractivity contribution in [2.45, 2.75) is 189 Å². The number of rotatable bonds is 15. The number of aryl methyl sites for hydroxylation is 1. The van der Waals surface area contributed by atoms with Gasteiger partial charge in [-0.1, -0.05) is 189 Å². The summed E-state index contributed by atoms with van der Waals surface area (Å²) in [7, 11) is 0. The number of Topliss-reactive ketones (excluding diaryl/α,β-unsaturated/α-hetero) is 1. The molecule has 67 heavy (non-hydrogen) atoms. The third-order valence-corrected chi connectivity index (χ3v) is 15.1. The van der Waals surface area contributed by atoms with E-state index in [9.17, 15) is 9.90 Å². The largest absolute Gasteiger partial charge is 0.481 e. The number of aliphatic hydroxyl groups is 1. The number of benzene rings is 6. The van der Waals surface area contributed by atoms with Crippen LogP contribution in [0.1, 0.15) is 203 Å². The number of aliphatic hydroxyl groups excluding tert-OH is 1. The Morgan fingerprint density at radius 2 is 1.00 bits per heavy atom. The SMILES string of the molecule is CCCCC(C)CCCc1ccc2c3c(c(-c4c(C(C)C)cc(C(C)C)cc4C(C)C)cc2c1)OC1C(=O)C(O)C1Oc1c(-c2c(C(C)C)cc(C(C)C)cc2C(C)C)cc2ccccc2c1-3. The first-order chi connectivity index (χ1) is 31.9. The third-order valence-electron chi connectivity index (χ3n) is 15.1. The molecule has 4 nitrogen and oxygen atoms in total. The van der Waals surface area contributed by atoms with Gasteiger partial charge in [-0.3, -0.25) is 4.79 Å². The van der Waals surface area contributed by atoms with E-state index in [1.54, 1.807) is 0 Å². The van der Waals surface area contributed by atoms with Crippen LogP contribution in [0.15, 0.2) is 78.9 Å². The summed E-state index contributed by atoms with van der Waals surface area (Å²) in [5.41, 5.74) is 15.3. The quantitative estimate of drug-likeness (QED) is 0.112. The highest BCUT2D eigenvalue weighted by atomic mass is 16.6. The molecule has 1 heterocycles. The minimum Gasteiger partial charge on any atom is -0.481 e. The zero-order chi connectivity index (χ0) is 48.2. The van der Waals surface area contributed by atoms with Crippen LogP contribution in [-0.2, 0) is 11.2 Å². The van der Waals surface area contributed by atoms with Crippen molar-refractivity contribution in [3.05, 3.63) is 118 Å². The highest BCUT2D eigenvalue weighted by molar-refractivity contribution is 6.15. The smallest absolute Gasteiger partial charge is 0.209 e. The number of fused-ring (bicyclic) bond motifs is 8. The molecule has 6 aromatic carbocycles. The summed E-state index contributed by atoms with van der Waals surface area (Å²) in [6.45, 7) is 32.2. The molecule has 2 aliphatic rings. The predicted molar refractivity (Wildman–Crippen MR) is 284 cm³/mol. The molecule has 0 amide bonds. The lowest BCUT2D eigenvalue weighted by Crippen LogP contribution is -2.66. The normalized spacial score (nSPS) is 17.5. The zero-order valence-corrected chi connectivity index (χ0v) is 43.2. The molecular formula is C63H78O4. The molecule has 4 unspecified atom stereocenters. The van der Waals surface area contributed by atoms with Crippen molar-refractivity contribution in [2.75, 3.05) is 0 Å². The molecule has 4 atom stereocenters. The summed E-state index contributed by atoms with van der Waals surface area (Å²) in [6, 6.07) is 30.1. The minimum absolute atomic E-state index is 0.216. The van der Waals surface area contributed by atoms with Gasteiger partial charge in [0, 0.05) is 22.3 Å². The number of hydrogen-bond donors (Lipinski definition) is 1. The molecule has 4 heteroatoms. The van der Waals surface area contributed by atoms with Gasteiger partial charge in [-0.05, 0) is 138 Å². The van der Waals surface area contributed by atoms with Crippen molar-refractivity contribution in [3.63, 3.8) is 0 Å². The van der Waals surface area contributed by atoms with Gasteiger partial charge in [-0.2, -0.15) is 0 Å². The Balaban J connectivity index is 1.55. The van der Waals surface area contributed by atoms with Gasteiger partial charge in [0.15, 0.2) is 18.3 Å². The second-order valence-electron chi connectivity index (χ2n) is 22.2. The third kappa shape index (κ3) is 9.09. The maximum Gasteiger partial charge on any atom is 0.209 e. The van der Waals surface area contributed by atoms with Crippen molar-refractivity contribution in [3.8, 4) is 44.9 Å². The van der Waals surface area contributed by atoms with E-state index < -0.39 is 18.3 Å². The van der Waals surface area contributed by atoms with Gasteiger partial charge < -0.3 is 14.6 Å². The summed E-state index contributed by atoms with van der Waals surface area (Å²) in [6.07, 6.45) is 4.01. The Labute approximate surface area is 402 Å². The summed E-state index contributed by atoms with van der Waals surface area (Å²) < 4.78 is 14.6. The summed E-state index contributed by atoms with van der Waals surface area (Å²) in [5, 5.41) is 16.0. The molecule has 0 bridgehead atoms. The van der Waals surface area contributed by atoms with E-state index in [-0.39, 0.29) is 29.5 Å². The molecule has 0 saturated heterocycles. The molecule has 1 N–H and O–H groups in total. The molecule has 1 aliphatic heterocycles. The zero-order valence-electron chi connectivity index (χ0n) is 43.2. The van der Waals surface area contributed by atoms with Crippen LogP contribution >= 0.6 is 0 Å². The summed E-state index contributed by atoms with van der Waals surface area (Å²) in [4.78, 5) is 14.1. The maximum atomic E-state index is 14.1. The second-order valence-corrected chi connectivity index (χ2v) is 22.2. The molecule has 0 spiro atoms. The fraction of sp³-hybridized carbons (Fsp3) is 0.476. The van der Waals surface area contributed by atoms with E-state index in [1.165, 1.54) is 75.8 Å². The van der Waals surface area contributed by atoms with Crippen LogP contribution in [0, 0.1) is 5.92 Å². The van der Waals surface area contributed by atoms with Crippen LogP contribution in [0.3, 0.4) is 0 Å². The Morgan fingerprint density at radius 1 is 0.522 bits per heavy atom. The van der Waals surface area contributed by atoms with E-state index >= 15 is 0 Å². The monoisotopic (exact) mass is 899 g/mol. The Kier molecular flexibility index (Phi) is 14.2. The fourth-order valence-electron chi connectivity index (χ4n) is 11.0. The van der Waals surface area contributed by atoms with Crippen molar-refractivity contribution < 1.29 is 19.4 Å². The van der Waals surface area contributed by atoms with Crippen LogP contribution in [-0.4, -0.2) is 29.2 Å². The average molecular weight is 899 g/mol. The van der Waals surface area contributed by atoms with Crippen molar-refractivity contribution >= 4 is 27.3 Å². The van der Waals surface area contributed by atoms with Crippen molar-refractivity contribution in [1.82, 2.24) is 0 Å². The van der Waals surface area contributed by atoms with Crippen molar-refractivity contribution in [1.29, 1.82) is 0 Å². The number of carbonyl (C=O) groups is 1. The fourth-order valence-corrected chi connectivity index (χ4v) is 11.0. The van der Waals surface area contributed by atoms with Crippen LogP contribution in [0.4, 0.5) is 0 Å². The first-order valence-corrected chi connectivity index (χ1v) is 26.0. The lowest BCUT2D eigenvalue weighted by molar-refractivity contribution is -0.167. The van der Waals surface area contributed by atoms with Crippen LogP contribution in [0.2, 0.25) is 0 Å². The first-order valence-electron chi connectivity index (χ1n) is 26.0. The van der Waals surface area contributed by atoms with Crippen LogP contribution in [0.25, 0.3) is 54.9 Å². The van der Waals surface area contributed by atoms with Gasteiger partial charge in [-0.25, -0.2) is 0 Å². The number of unbranched alkanes of at least 4 members (excludes halogenated alkanes) is 1. The van der Waals surface area contributed by atoms with Crippen molar-refractivity contribution in [2.24, 2.45) is 5.92 Å². The van der Waals surface area contributed by atoms with Gasteiger partial charge >= 0.3 is 0 Å².